The van der Waals surface area contributed by atoms with Gasteiger partial charge < -0.3 is 10.3 Å². The van der Waals surface area contributed by atoms with Crippen LogP contribution in [0.5, 0.6) is 0 Å². The summed E-state index contributed by atoms with van der Waals surface area (Å²) in [7, 11) is 0. The fourth-order valence-electron chi connectivity index (χ4n) is 1.84. The van der Waals surface area contributed by atoms with E-state index in [1.165, 1.54) is 5.56 Å². The Labute approximate surface area is 117 Å². The highest BCUT2D eigenvalue weighted by atomic mass is 32.1. The molecule has 0 unspecified atom stereocenters. The summed E-state index contributed by atoms with van der Waals surface area (Å²) in [5.41, 5.74) is 1.72. The Morgan fingerprint density at radius 1 is 1.26 bits per heavy atom. The van der Waals surface area contributed by atoms with E-state index in [-0.39, 0.29) is 11.8 Å². The SMILES string of the molecule is C[C@H](CNC(=O)c1ccc[nH]c1=S)c1ccccc1. The Morgan fingerprint density at radius 2 is 2.00 bits per heavy atom. The van der Waals surface area contributed by atoms with Crippen LogP contribution in [0.25, 0.3) is 0 Å². The zero-order valence-electron chi connectivity index (χ0n) is 10.7. The Morgan fingerprint density at radius 3 is 2.68 bits per heavy atom. The van der Waals surface area contributed by atoms with Crippen LogP contribution in [0.15, 0.2) is 48.7 Å². The molecule has 0 aliphatic rings. The lowest BCUT2D eigenvalue weighted by Gasteiger charge is -2.13. The molecule has 0 fully saturated rings. The van der Waals surface area contributed by atoms with E-state index in [1.54, 1.807) is 18.3 Å². The van der Waals surface area contributed by atoms with E-state index >= 15 is 0 Å². The van der Waals surface area contributed by atoms with Crippen molar-refractivity contribution < 1.29 is 4.79 Å². The highest BCUT2D eigenvalue weighted by Crippen LogP contribution is 2.13. The van der Waals surface area contributed by atoms with Crippen LogP contribution in [-0.4, -0.2) is 17.4 Å². The second-order valence-electron chi connectivity index (χ2n) is 4.43. The lowest BCUT2D eigenvalue weighted by Crippen LogP contribution is -2.27. The second-order valence-corrected chi connectivity index (χ2v) is 4.84. The molecule has 19 heavy (non-hydrogen) atoms. The summed E-state index contributed by atoms with van der Waals surface area (Å²) in [4.78, 5) is 14.9. The fourth-order valence-corrected chi connectivity index (χ4v) is 2.07. The molecular weight excluding hydrogens is 256 g/mol. The molecule has 0 spiro atoms. The average Bonchev–Trinajstić information content (AvgIpc) is 2.46. The number of hydrogen-bond donors (Lipinski definition) is 2. The quantitative estimate of drug-likeness (QED) is 0.839. The Kier molecular flexibility index (Phi) is 4.47. The Balaban J connectivity index is 1.98. The van der Waals surface area contributed by atoms with Crippen LogP contribution in [-0.2, 0) is 0 Å². The van der Waals surface area contributed by atoms with E-state index in [2.05, 4.69) is 29.4 Å². The minimum atomic E-state index is -0.135. The maximum atomic E-state index is 12.0. The van der Waals surface area contributed by atoms with Crippen molar-refractivity contribution in [2.75, 3.05) is 6.54 Å². The molecule has 4 heteroatoms. The molecule has 0 bridgehead atoms. The third-order valence-corrected chi connectivity index (χ3v) is 3.34. The number of carbonyl (C=O) groups excluding carboxylic acids is 1. The summed E-state index contributed by atoms with van der Waals surface area (Å²) >= 11 is 5.09. The van der Waals surface area contributed by atoms with Crippen molar-refractivity contribution in [3.63, 3.8) is 0 Å². The van der Waals surface area contributed by atoms with Gasteiger partial charge in [-0.2, -0.15) is 0 Å². The highest BCUT2D eigenvalue weighted by Gasteiger charge is 2.10. The molecule has 3 nitrogen and oxygen atoms in total. The van der Waals surface area contributed by atoms with Gasteiger partial charge in [-0.3, -0.25) is 4.79 Å². The van der Waals surface area contributed by atoms with Crippen LogP contribution in [0.4, 0.5) is 0 Å². The van der Waals surface area contributed by atoms with E-state index in [0.717, 1.165) is 0 Å². The summed E-state index contributed by atoms with van der Waals surface area (Å²) < 4.78 is 0.465. The molecule has 2 rings (SSSR count). The number of pyridine rings is 1. The minimum Gasteiger partial charge on any atom is -0.352 e. The lowest BCUT2D eigenvalue weighted by atomic mass is 10.0. The van der Waals surface area contributed by atoms with Gasteiger partial charge in [0, 0.05) is 12.7 Å². The predicted molar refractivity (Wildman–Crippen MR) is 78.8 cm³/mol. The van der Waals surface area contributed by atoms with E-state index in [0.29, 0.717) is 16.7 Å². The van der Waals surface area contributed by atoms with Crippen LogP contribution in [0.2, 0.25) is 0 Å². The van der Waals surface area contributed by atoms with E-state index < -0.39 is 0 Å². The number of aromatic amines is 1. The number of hydrogen-bond acceptors (Lipinski definition) is 2. The van der Waals surface area contributed by atoms with Gasteiger partial charge in [0.05, 0.1) is 5.56 Å². The first kappa shape index (κ1) is 13.5. The standard InChI is InChI=1S/C15H16N2OS/c1-11(12-6-3-2-4-7-12)10-17-14(18)13-8-5-9-16-15(13)19/h2-9,11H,10H2,1H3,(H,16,19)(H,17,18)/t11-/m1/s1. The minimum absolute atomic E-state index is 0.135. The normalized spacial score (nSPS) is 11.8. The van der Waals surface area contributed by atoms with Crippen LogP contribution >= 0.6 is 12.2 Å². The first-order valence-corrected chi connectivity index (χ1v) is 6.60. The molecular formula is C15H16N2OS. The van der Waals surface area contributed by atoms with Crippen molar-refractivity contribution in [3.05, 3.63) is 64.4 Å². The van der Waals surface area contributed by atoms with Gasteiger partial charge in [0.25, 0.3) is 5.91 Å². The van der Waals surface area contributed by atoms with Gasteiger partial charge in [0.15, 0.2) is 0 Å². The topological polar surface area (TPSA) is 44.9 Å². The molecule has 1 atom stereocenters. The lowest BCUT2D eigenvalue weighted by molar-refractivity contribution is 0.0951. The molecule has 0 aliphatic heterocycles. The second kappa shape index (κ2) is 6.29. The summed E-state index contributed by atoms with van der Waals surface area (Å²) in [6.45, 7) is 2.67. The third-order valence-electron chi connectivity index (χ3n) is 3.00. The highest BCUT2D eigenvalue weighted by molar-refractivity contribution is 7.71. The predicted octanol–water partition coefficient (Wildman–Crippen LogP) is 3.28. The van der Waals surface area contributed by atoms with Crippen molar-refractivity contribution in [2.24, 2.45) is 0 Å². The van der Waals surface area contributed by atoms with Crippen molar-refractivity contribution in [2.45, 2.75) is 12.8 Å². The van der Waals surface area contributed by atoms with Gasteiger partial charge in [0.2, 0.25) is 0 Å². The number of amides is 1. The van der Waals surface area contributed by atoms with Crippen molar-refractivity contribution >= 4 is 18.1 Å². The van der Waals surface area contributed by atoms with Crippen LogP contribution in [0.1, 0.15) is 28.8 Å². The van der Waals surface area contributed by atoms with E-state index in [9.17, 15) is 4.79 Å². The summed E-state index contributed by atoms with van der Waals surface area (Å²) in [6.07, 6.45) is 1.71. The maximum absolute atomic E-state index is 12.0. The van der Waals surface area contributed by atoms with Gasteiger partial charge in [-0.05, 0) is 23.6 Å². The molecule has 1 amide bonds. The largest absolute Gasteiger partial charge is 0.352 e. The zero-order chi connectivity index (χ0) is 13.7. The zero-order valence-corrected chi connectivity index (χ0v) is 11.5. The molecule has 0 saturated carbocycles. The first-order chi connectivity index (χ1) is 9.18. The molecule has 2 N–H and O–H groups in total. The van der Waals surface area contributed by atoms with Crippen molar-refractivity contribution in [1.29, 1.82) is 0 Å². The number of carbonyl (C=O) groups is 1. The van der Waals surface area contributed by atoms with Gasteiger partial charge >= 0.3 is 0 Å². The fraction of sp³-hybridized carbons (Fsp3) is 0.200. The molecule has 0 saturated heterocycles. The average molecular weight is 272 g/mol. The number of benzene rings is 1. The van der Waals surface area contributed by atoms with Crippen LogP contribution < -0.4 is 5.32 Å². The number of H-pyrrole nitrogens is 1. The smallest absolute Gasteiger partial charge is 0.254 e. The Bertz CT molecular complexity index is 607. The van der Waals surface area contributed by atoms with Crippen LogP contribution in [0.3, 0.4) is 0 Å². The molecule has 2 aromatic rings. The molecule has 98 valence electrons. The monoisotopic (exact) mass is 272 g/mol. The molecule has 1 aromatic heterocycles. The van der Waals surface area contributed by atoms with Gasteiger partial charge in [-0.25, -0.2) is 0 Å². The number of rotatable bonds is 4. The van der Waals surface area contributed by atoms with Gasteiger partial charge in [-0.1, -0.05) is 49.5 Å². The van der Waals surface area contributed by atoms with Crippen molar-refractivity contribution in [1.82, 2.24) is 10.3 Å². The first-order valence-electron chi connectivity index (χ1n) is 6.19. The number of nitrogens with one attached hydrogen (secondary N) is 2. The van der Waals surface area contributed by atoms with Gasteiger partial charge in [-0.15, -0.1) is 0 Å². The summed E-state index contributed by atoms with van der Waals surface area (Å²) in [5, 5.41) is 2.91. The van der Waals surface area contributed by atoms with E-state index in [4.69, 9.17) is 12.2 Å². The molecule has 0 radical (unpaired) electrons. The van der Waals surface area contributed by atoms with Crippen LogP contribution in [0, 0.1) is 4.64 Å². The molecule has 1 heterocycles. The summed E-state index contributed by atoms with van der Waals surface area (Å²) in [6, 6.07) is 13.6. The Hall–Kier alpha value is -1.94. The number of aromatic nitrogens is 1. The van der Waals surface area contributed by atoms with Gasteiger partial charge in [0.1, 0.15) is 4.64 Å². The van der Waals surface area contributed by atoms with E-state index in [1.807, 2.05) is 18.2 Å². The van der Waals surface area contributed by atoms with Crippen molar-refractivity contribution in [3.8, 4) is 0 Å². The molecule has 1 aromatic carbocycles. The third kappa shape index (κ3) is 3.51. The summed E-state index contributed by atoms with van der Waals surface area (Å²) in [5.74, 6) is 0.135. The maximum Gasteiger partial charge on any atom is 0.254 e. The molecule has 0 aliphatic carbocycles.